The third-order valence-electron chi connectivity index (χ3n) is 5.86. The van der Waals surface area contributed by atoms with E-state index in [0.29, 0.717) is 37.9 Å². The zero-order chi connectivity index (χ0) is 22.1. The number of nitrogens with zero attached hydrogens (tertiary/aromatic N) is 5. The maximum absolute atomic E-state index is 13.1. The van der Waals surface area contributed by atoms with Crippen LogP contribution in [0.3, 0.4) is 0 Å². The molecule has 1 aromatic carbocycles. The Bertz CT molecular complexity index is 1090. The molecule has 3 aromatic rings. The van der Waals surface area contributed by atoms with Crippen molar-refractivity contribution in [1.82, 2.24) is 24.6 Å². The quantitative estimate of drug-likeness (QED) is 0.535. The van der Waals surface area contributed by atoms with E-state index < -0.39 is 0 Å². The van der Waals surface area contributed by atoms with Crippen molar-refractivity contribution in [2.24, 2.45) is 0 Å². The minimum Gasteiger partial charge on any atom is -0.459 e. The minimum absolute atomic E-state index is 0.0516. The Labute approximate surface area is 190 Å². The molecule has 3 heterocycles. The lowest BCUT2D eigenvalue weighted by molar-refractivity contribution is -0.131. The van der Waals surface area contributed by atoms with Crippen molar-refractivity contribution in [3.8, 4) is 5.69 Å². The van der Waals surface area contributed by atoms with E-state index in [9.17, 15) is 9.59 Å². The highest BCUT2D eigenvalue weighted by Gasteiger charge is 2.33. The molecule has 32 heavy (non-hydrogen) atoms. The van der Waals surface area contributed by atoms with E-state index in [-0.39, 0.29) is 17.1 Å². The molecule has 1 aliphatic carbocycles. The standard InChI is InChI=1S/C23H25N5O3S/c1-16(21(29)26-11-13-27(14-12-26)22(30)19-8-5-15-31-19)32-23-25-24-20(17-9-10-17)28(23)18-6-3-2-4-7-18/h2-8,15-17H,9-14H2,1H3/t16-/m1/s1. The van der Waals surface area contributed by atoms with Gasteiger partial charge in [-0.3, -0.25) is 14.2 Å². The average Bonchev–Trinajstić information content (AvgIpc) is 3.36. The molecular weight excluding hydrogens is 426 g/mol. The molecule has 0 radical (unpaired) electrons. The van der Waals surface area contributed by atoms with Crippen LogP contribution < -0.4 is 0 Å². The number of hydrogen-bond donors (Lipinski definition) is 0. The lowest BCUT2D eigenvalue weighted by Gasteiger charge is -2.35. The largest absolute Gasteiger partial charge is 0.459 e. The number of amides is 2. The first-order valence-electron chi connectivity index (χ1n) is 10.9. The summed E-state index contributed by atoms with van der Waals surface area (Å²) in [5, 5.41) is 9.31. The number of benzene rings is 1. The third-order valence-corrected chi connectivity index (χ3v) is 6.89. The van der Waals surface area contributed by atoms with Crippen LogP contribution in [-0.2, 0) is 4.79 Å². The van der Waals surface area contributed by atoms with Gasteiger partial charge >= 0.3 is 0 Å². The van der Waals surface area contributed by atoms with Gasteiger partial charge in [0, 0.05) is 37.8 Å². The van der Waals surface area contributed by atoms with Crippen molar-refractivity contribution in [1.29, 1.82) is 0 Å². The molecule has 2 amide bonds. The number of furan rings is 1. The van der Waals surface area contributed by atoms with Gasteiger partial charge in [-0.1, -0.05) is 30.0 Å². The van der Waals surface area contributed by atoms with Crippen molar-refractivity contribution in [3.63, 3.8) is 0 Å². The molecule has 2 aliphatic rings. The van der Waals surface area contributed by atoms with Crippen LogP contribution in [0.4, 0.5) is 0 Å². The molecular formula is C23H25N5O3S. The van der Waals surface area contributed by atoms with Gasteiger partial charge in [0.25, 0.3) is 5.91 Å². The molecule has 9 heteroatoms. The van der Waals surface area contributed by atoms with Crippen LogP contribution in [-0.4, -0.2) is 67.8 Å². The van der Waals surface area contributed by atoms with Crippen LogP contribution in [0.15, 0.2) is 58.3 Å². The lowest BCUT2D eigenvalue weighted by Crippen LogP contribution is -2.52. The van der Waals surface area contributed by atoms with Crippen LogP contribution in [0.1, 0.15) is 42.1 Å². The van der Waals surface area contributed by atoms with Crippen molar-refractivity contribution in [2.45, 2.75) is 36.1 Å². The van der Waals surface area contributed by atoms with Gasteiger partial charge in [0.2, 0.25) is 5.91 Å². The summed E-state index contributed by atoms with van der Waals surface area (Å²) in [6.45, 7) is 3.92. The van der Waals surface area contributed by atoms with E-state index in [4.69, 9.17) is 4.42 Å². The van der Waals surface area contributed by atoms with E-state index in [1.165, 1.54) is 18.0 Å². The van der Waals surface area contributed by atoms with Crippen molar-refractivity contribution >= 4 is 23.6 Å². The second-order valence-electron chi connectivity index (χ2n) is 8.14. The lowest BCUT2D eigenvalue weighted by atomic mass is 10.2. The van der Waals surface area contributed by atoms with E-state index in [0.717, 1.165) is 29.5 Å². The highest BCUT2D eigenvalue weighted by molar-refractivity contribution is 8.00. The number of carbonyl (C=O) groups excluding carboxylic acids is 2. The Morgan fingerprint density at radius 3 is 2.38 bits per heavy atom. The van der Waals surface area contributed by atoms with Gasteiger partial charge < -0.3 is 14.2 Å². The zero-order valence-electron chi connectivity index (χ0n) is 17.9. The molecule has 5 rings (SSSR count). The average molecular weight is 452 g/mol. The molecule has 1 atom stereocenters. The van der Waals surface area contributed by atoms with Crippen LogP contribution in [0, 0.1) is 0 Å². The molecule has 1 saturated carbocycles. The normalized spacial score (nSPS) is 17.4. The predicted molar refractivity (Wildman–Crippen MR) is 120 cm³/mol. The van der Waals surface area contributed by atoms with Gasteiger partial charge in [-0.05, 0) is 44.0 Å². The van der Waals surface area contributed by atoms with E-state index in [2.05, 4.69) is 14.8 Å². The maximum Gasteiger partial charge on any atom is 0.289 e. The zero-order valence-corrected chi connectivity index (χ0v) is 18.7. The SMILES string of the molecule is C[C@@H](Sc1nnc(C2CC2)n1-c1ccccc1)C(=O)N1CCN(C(=O)c2ccco2)CC1. The Balaban J connectivity index is 1.25. The number of thioether (sulfide) groups is 1. The van der Waals surface area contributed by atoms with E-state index in [1.807, 2.05) is 42.2 Å². The fourth-order valence-electron chi connectivity index (χ4n) is 3.93. The summed E-state index contributed by atoms with van der Waals surface area (Å²) in [4.78, 5) is 29.1. The first-order chi connectivity index (χ1) is 15.6. The summed E-state index contributed by atoms with van der Waals surface area (Å²) >= 11 is 1.44. The highest BCUT2D eigenvalue weighted by atomic mass is 32.2. The second-order valence-corrected chi connectivity index (χ2v) is 9.45. The van der Waals surface area contributed by atoms with Gasteiger partial charge in [-0.2, -0.15) is 0 Å². The summed E-state index contributed by atoms with van der Waals surface area (Å²) in [7, 11) is 0. The topological polar surface area (TPSA) is 84.5 Å². The fourth-order valence-corrected chi connectivity index (χ4v) is 4.89. The molecule has 2 aromatic heterocycles. The van der Waals surface area contributed by atoms with Crippen LogP contribution >= 0.6 is 11.8 Å². The van der Waals surface area contributed by atoms with Gasteiger partial charge in [0.1, 0.15) is 5.82 Å². The molecule has 2 fully saturated rings. The van der Waals surface area contributed by atoms with Gasteiger partial charge in [-0.25, -0.2) is 0 Å². The summed E-state index contributed by atoms with van der Waals surface area (Å²) in [6.07, 6.45) is 3.75. The Morgan fingerprint density at radius 1 is 1.00 bits per heavy atom. The Hall–Kier alpha value is -3.07. The maximum atomic E-state index is 13.1. The molecule has 0 unspecified atom stereocenters. The third kappa shape index (κ3) is 4.17. The molecule has 166 valence electrons. The van der Waals surface area contributed by atoms with Crippen molar-refractivity contribution in [3.05, 3.63) is 60.3 Å². The summed E-state index contributed by atoms with van der Waals surface area (Å²) in [6, 6.07) is 13.4. The number of aromatic nitrogens is 3. The predicted octanol–water partition coefficient (Wildman–Crippen LogP) is 3.20. The number of hydrogen-bond acceptors (Lipinski definition) is 6. The smallest absolute Gasteiger partial charge is 0.289 e. The van der Waals surface area contributed by atoms with E-state index >= 15 is 0 Å². The second kappa shape index (κ2) is 8.82. The van der Waals surface area contributed by atoms with Gasteiger partial charge in [-0.15, -0.1) is 10.2 Å². The number of piperazine rings is 1. The first-order valence-corrected chi connectivity index (χ1v) is 11.8. The van der Waals surface area contributed by atoms with Crippen LogP contribution in [0.25, 0.3) is 5.69 Å². The van der Waals surface area contributed by atoms with Gasteiger partial charge in [0.05, 0.1) is 11.5 Å². The first kappa shape index (κ1) is 20.8. The van der Waals surface area contributed by atoms with Crippen LogP contribution in [0.2, 0.25) is 0 Å². The molecule has 0 N–H and O–H groups in total. The molecule has 1 saturated heterocycles. The van der Waals surface area contributed by atoms with Gasteiger partial charge in [0.15, 0.2) is 10.9 Å². The summed E-state index contributed by atoms with van der Waals surface area (Å²) in [5.41, 5.74) is 1.02. The highest BCUT2D eigenvalue weighted by Crippen LogP contribution is 2.41. The van der Waals surface area contributed by atoms with Crippen LogP contribution in [0.5, 0.6) is 0 Å². The minimum atomic E-state index is -0.305. The number of carbonyl (C=O) groups is 2. The fraction of sp³-hybridized carbons (Fsp3) is 0.391. The molecule has 0 bridgehead atoms. The molecule has 1 aliphatic heterocycles. The Kier molecular flexibility index (Phi) is 5.73. The van der Waals surface area contributed by atoms with Crippen molar-refractivity contribution in [2.75, 3.05) is 26.2 Å². The molecule has 0 spiro atoms. The summed E-state index contributed by atoms with van der Waals surface area (Å²) in [5.74, 6) is 1.68. The number of para-hydroxylation sites is 1. The van der Waals surface area contributed by atoms with E-state index in [1.54, 1.807) is 17.0 Å². The summed E-state index contributed by atoms with van der Waals surface area (Å²) < 4.78 is 7.30. The molecule has 8 nitrogen and oxygen atoms in total. The number of rotatable bonds is 6. The van der Waals surface area contributed by atoms with Crippen molar-refractivity contribution < 1.29 is 14.0 Å². The monoisotopic (exact) mass is 451 g/mol. The Morgan fingerprint density at radius 2 is 1.72 bits per heavy atom.